The molecule has 0 atom stereocenters. The van der Waals surface area contributed by atoms with Crippen LogP contribution in [0.5, 0.6) is 0 Å². The number of thiocarbonyl (C=S) groups is 1. The fourth-order valence-electron chi connectivity index (χ4n) is 2.16. The van der Waals surface area contributed by atoms with Gasteiger partial charge in [-0.25, -0.2) is 0 Å². The summed E-state index contributed by atoms with van der Waals surface area (Å²) in [6.45, 7) is 1.78. The number of furan rings is 1. The van der Waals surface area contributed by atoms with Gasteiger partial charge in [-0.1, -0.05) is 36.1 Å². The van der Waals surface area contributed by atoms with Gasteiger partial charge in [-0.05, 0) is 36.2 Å². The first-order valence-corrected chi connectivity index (χ1v) is 7.83. The number of hydrogen-bond acceptors (Lipinski definition) is 6. The van der Waals surface area contributed by atoms with Crippen molar-refractivity contribution in [1.82, 2.24) is 0 Å². The van der Waals surface area contributed by atoms with Crippen molar-refractivity contribution >= 4 is 51.9 Å². The van der Waals surface area contributed by atoms with Crippen molar-refractivity contribution in [1.29, 1.82) is 0 Å². The third-order valence-corrected chi connectivity index (χ3v) is 4.60. The van der Waals surface area contributed by atoms with E-state index in [2.05, 4.69) is 0 Å². The van der Waals surface area contributed by atoms with E-state index in [4.69, 9.17) is 16.6 Å². The minimum Gasteiger partial charge on any atom is -0.545 e. The van der Waals surface area contributed by atoms with Crippen LogP contribution < -0.4 is 10.0 Å². The fourth-order valence-corrected chi connectivity index (χ4v) is 3.42. The number of carbonyl (C=O) groups excluding carboxylic acids is 2. The zero-order valence-corrected chi connectivity index (χ0v) is 13.6. The highest BCUT2D eigenvalue weighted by molar-refractivity contribution is 8.27. The number of thioether (sulfide) groups is 1. The number of rotatable bonds is 3. The Morgan fingerprint density at radius 3 is 2.83 bits per heavy atom. The Labute approximate surface area is 141 Å². The highest BCUT2D eigenvalue weighted by atomic mass is 32.2. The van der Waals surface area contributed by atoms with Crippen LogP contribution in [0, 0.1) is 6.92 Å². The lowest BCUT2D eigenvalue weighted by Gasteiger charge is -2.18. The van der Waals surface area contributed by atoms with E-state index in [9.17, 15) is 14.7 Å². The second-order valence-electron chi connectivity index (χ2n) is 4.82. The molecule has 2 aromatic rings. The molecule has 116 valence electrons. The summed E-state index contributed by atoms with van der Waals surface area (Å²) in [5.74, 6) is -1.07. The second kappa shape index (κ2) is 6.02. The van der Waals surface area contributed by atoms with E-state index in [1.54, 1.807) is 31.2 Å². The molecule has 1 aromatic carbocycles. The molecule has 1 aromatic heterocycles. The summed E-state index contributed by atoms with van der Waals surface area (Å²) in [5.41, 5.74) is 1.18. The first-order valence-electron chi connectivity index (χ1n) is 6.61. The molecule has 7 heteroatoms. The minimum atomic E-state index is -1.30. The van der Waals surface area contributed by atoms with E-state index in [1.807, 2.05) is 0 Å². The Hall–Kier alpha value is -2.38. The lowest BCUT2D eigenvalue weighted by atomic mass is 10.1. The predicted octanol–water partition coefficient (Wildman–Crippen LogP) is 2.36. The van der Waals surface area contributed by atoms with Crippen LogP contribution in [-0.2, 0) is 4.79 Å². The summed E-state index contributed by atoms with van der Waals surface area (Å²) < 4.78 is 5.54. The summed E-state index contributed by atoms with van der Waals surface area (Å²) in [6, 6.07) is 7.90. The maximum absolute atomic E-state index is 12.6. The number of carboxylic acids is 1. The topological polar surface area (TPSA) is 73.6 Å². The fraction of sp³-hybridized carbons (Fsp3) is 0.0625. The molecule has 1 fully saturated rings. The Morgan fingerprint density at radius 2 is 2.17 bits per heavy atom. The lowest BCUT2D eigenvalue weighted by molar-refractivity contribution is -0.255. The smallest absolute Gasteiger partial charge is 0.270 e. The molecule has 3 rings (SSSR count). The minimum absolute atomic E-state index is 0.00494. The second-order valence-corrected chi connectivity index (χ2v) is 6.50. The maximum Gasteiger partial charge on any atom is 0.270 e. The van der Waals surface area contributed by atoms with Gasteiger partial charge in [0, 0.05) is 6.08 Å². The van der Waals surface area contributed by atoms with Crippen molar-refractivity contribution in [2.75, 3.05) is 4.90 Å². The van der Waals surface area contributed by atoms with Crippen LogP contribution >= 0.6 is 24.0 Å². The molecule has 0 unspecified atom stereocenters. The van der Waals surface area contributed by atoms with Gasteiger partial charge in [0.1, 0.15) is 5.76 Å². The number of benzene rings is 1. The third kappa shape index (κ3) is 2.93. The van der Waals surface area contributed by atoms with E-state index >= 15 is 0 Å². The number of amides is 1. The van der Waals surface area contributed by atoms with Crippen LogP contribution in [0.15, 0.2) is 45.9 Å². The molecule has 0 saturated carbocycles. The summed E-state index contributed by atoms with van der Waals surface area (Å²) in [4.78, 5) is 25.4. The molecule has 23 heavy (non-hydrogen) atoms. The van der Waals surface area contributed by atoms with Crippen LogP contribution in [0.4, 0.5) is 5.69 Å². The zero-order chi connectivity index (χ0) is 16.6. The lowest BCUT2D eigenvalue weighted by Crippen LogP contribution is -2.29. The molecule has 0 spiro atoms. The molecule has 0 N–H and O–H groups in total. The SMILES string of the molecule is Cc1ccc(C(=O)[O-])cc1N1C(=O)/C(=C\c2ccco2)SC1=S. The van der Waals surface area contributed by atoms with Crippen molar-refractivity contribution in [3.8, 4) is 0 Å². The molecular formula is C16H10NO4S2-. The molecule has 0 radical (unpaired) electrons. The number of carbonyl (C=O) groups is 2. The summed E-state index contributed by atoms with van der Waals surface area (Å²) in [7, 11) is 0. The van der Waals surface area contributed by atoms with Crippen LogP contribution in [0.2, 0.25) is 0 Å². The number of hydrogen-bond donors (Lipinski definition) is 0. The third-order valence-electron chi connectivity index (χ3n) is 3.30. The molecular weight excluding hydrogens is 334 g/mol. The van der Waals surface area contributed by atoms with Gasteiger partial charge in [0.2, 0.25) is 0 Å². The Morgan fingerprint density at radius 1 is 1.39 bits per heavy atom. The molecule has 1 saturated heterocycles. The molecule has 5 nitrogen and oxygen atoms in total. The predicted molar refractivity (Wildman–Crippen MR) is 89.9 cm³/mol. The van der Waals surface area contributed by atoms with Gasteiger partial charge in [0.05, 0.1) is 22.8 Å². The van der Waals surface area contributed by atoms with E-state index in [0.29, 0.717) is 20.7 Å². The molecule has 0 aliphatic carbocycles. The van der Waals surface area contributed by atoms with Crippen molar-refractivity contribution in [3.05, 3.63) is 58.4 Å². The van der Waals surface area contributed by atoms with Gasteiger partial charge in [0.25, 0.3) is 5.91 Å². The number of anilines is 1. The van der Waals surface area contributed by atoms with Crippen molar-refractivity contribution in [3.63, 3.8) is 0 Å². The summed E-state index contributed by atoms with van der Waals surface area (Å²) >= 11 is 6.42. The average Bonchev–Trinajstić information content (AvgIpc) is 3.09. The van der Waals surface area contributed by atoms with E-state index in [-0.39, 0.29) is 11.5 Å². The first-order chi connectivity index (χ1) is 11.0. The van der Waals surface area contributed by atoms with Gasteiger partial charge in [-0.2, -0.15) is 0 Å². The monoisotopic (exact) mass is 344 g/mol. The standard InChI is InChI=1S/C16H11NO4S2/c1-9-4-5-10(15(19)20)7-12(9)17-14(18)13(23-16(17)22)8-11-3-2-6-21-11/h2-8H,1H3,(H,19,20)/p-1/b13-8+. The zero-order valence-electron chi connectivity index (χ0n) is 11.9. The first kappa shape index (κ1) is 15.5. The highest BCUT2D eigenvalue weighted by Gasteiger charge is 2.34. The highest BCUT2D eigenvalue weighted by Crippen LogP contribution is 2.37. The largest absolute Gasteiger partial charge is 0.545 e. The Balaban J connectivity index is 2.01. The molecule has 2 heterocycles. The van der Waals surface area contributed by atoms with Crippen LogP contribution in [0.3, 0.4) is 0 Å². The van der Waals surface area contributed by atoms with Gasteiger partial charge in [-0.15, -0.1) is 0 Å². The quantitative estimate of drug-likeness (QED) is 0.629. The molecule has 0 bridgehead atoms. The van der Waals surface area contributed by atoms with E-state index in [1.165, 1.54) is 23.3 Å². The van der Waals surface area contributed by atoms with Crippen LogP contribution in [0.25, 0.3) is 6.08 Å². The Bertz CT molecular complexity index is 840. The maximum atomic E-state index is 12.6. The van der Waals surface area contributed by atoms with Crippen LogP contribution in [-0.4, -0.2) is 16.2 Å². The normalized spacial score (nSPS) is 16.4. The molecule has 1 amide bonds. The number of carboxylic acid groups (broad SMARTS) is 1. The summed E-state index contributed by atoms with van der Waals surface area (Å²) in [6.07, 6.45) is 3.12. The van der Waals surface area contributed by atoms with Gasteiger partial charge >= 0.3 is 0 Å². The molecule has 1 aliphatic rings. The Kier molecular flexibility index (Phi) is 4.06. The van der Waals surface area contributed by atoms with E-state index < -0.39 is 5.97 Å². The molecule has 1 aliphatic heterocycles. The number of aryl methyl sites for hydroxylation is 1. The van der Waals surface area contributed by atoms with E-state index in [0.717, 1.165) is 17.3 Å². The van der Waals surface area contributed by atoms with Crippen molar-refractivity contribution in [2.45, 2.75) is 6.92 Å². The number of aromatic carboxylic acids is 1. The van der Waals surface area contributed by atoms with Crippen molar-refractivity contribution < 1.29 is 19.1 Å². The average molecular weight is 344 g/mol. The van der Waals surface area contributed by atoms with Crippen LogP contribution in [0.1, 0.15) is 21.7 Å². The van der Waals surface area contributed by atoms with Crippen molar-refractivity contribution in [2.24, 2.45) is 0 Å². The van der Waals surface area contributed by atoms with Gasteiger partial charge in [0.15, 0.2) is 4.32 Å². The van der Waals surface area contributed by atoms with Gasteiger partial charge in [-0.3, -0.25) is 9.69 Å². The number of nitrogens with zero attached hydrogens (tertiary/aromatic N) is 1. The van der Waals surface area contributed by atoms with Gasteiger partial charge < -0.3 is 14.3 Å². The summed E-state index contributed by atoms with van der Waals surface area (Å²) in [5, 5.41) is 11.0.